The number of anilines is 3. The van der Waals surface area contributed by atoms with Gasteiger partial charge in [-0.15, -0.1) is 0 Å². The first-order valence-corrected chi connectivity index (χ1v) is 12.7. The van der Waals surface area contributed by atoms with Crippen LogP contribution in [0.25, 0.3) is 21.8 Å². The van der Waals surface area contributed by atoms with Crippen molar-refractivity contribution >= 4 is 39.1 Å². The predicted octanol–water partition coefficient (Wildman–Crippen LogP) is 4.43. The monoisotopic (exact) mass is 479 g/mol. The van der Waals surface area contributed by atoms with E-state index in [2.05, 4.69) is 63.5 Å². The third-order valence-corrected chi connectivity index (χ3v) is 7.54. The van der Waals surface area contributed by atoms with Crippen molar-refractivity contribution in [3.05, 3.63) is 64.6 Å². The number of pyridine rings is 1. The lowest BCUT2D eigenvalue weighted by molar-refractivity contribution is 0.313. The SMILES string of the molecule is CN1CCN(c2cccc3cc(Nc4ncc5cc(C#N)c(=O)n(C6CCCC6)c5n4)ccc23)CC1. The second kappa shape index (κ2) is 9.25. The highest BCUT2D eigenvalue weighted by Crippen LogP contribution is 2.32. The number of nitrogens with one attached hydrogen (secondary N) is 1. The zero-order valence-corrected chi connectivity index (χ0v) is 20.4. The highest BCUT2D eigenvalue weighted by Gasteiger charge is 2.23. The zero-order valence-electron chi connectivity index (χ0n) is 20.4. The van der Waals surface area contributed by atoms with E-state index in [1.54, 1.807) is 16.8 Å². The van der Waals surface area contributed by atoms with Crippen LogP contribution in [-0.4, -0.2) is 52.7 Å². The van der Waals surface area contributed by atoms with Crippen LogP contribution < -0.4 is 15.8 Å². The summed E-state index contributed by atoms with van der Waals surface area (Å²) in [6.07, 6.45) is 5.72. The summed E-state index contributed by atoms with van der Waals surface area (Å²) in [5.41, 5.74) is 2.62. The van der Waals surface area contributed by atoms with Crippen LogP contribution in [0.3, 0.4) is 0 Å². The van der Waals surface area contributed by atoms with Crippen LogP contribution in [0.5, 0.6) is 0 Å². The van der Waals surface area contributed by atoms with Crippen molar-refractivity contribution in [2.24, 2.45) is 0 Å². The molecule has 2 aromatic carbocycles. The summed E-state index contributed by atoms with van der Waals surface area (Å²) < 4.78 is 1.72. The normalized spacial score (nSPS) is 17.1. The molecule has 1 N–H and O–H groups in total. The largest absolute Gasteiger partial charge is 0.368 e. The standard InChI is InChI=1S/C28H29N7O/c1-33-11-13-34(14-12-33)25-8-4-5-19-16-22(9-10-24(19)25)31-28-30-18-21-15-20(17-29)27(36)35(26(21)32-28)23-6-2-3-7-23/h4-5,8-10,15-16,18,23H,2-3,6-7,11-14H2,1H3,(H,30,31,32). The fraction of sp³-hybridized carbons (Fsp3) is 0.357. The number of likely N-dealkylation sites (N-methyl/N-ethyl adjacent to an activating group) is 1. The Morgan fingerprint density at radius 2 is 1.83 bits per heavy atom. The van der Waals surface area contributed by atoms with Crippen molar-refractivity contribution in [2.45, 2.75) is 31.7 Å². The van der Waals surface area contributed by atoms with Crippen molar-refractivity contribution < 1.29 is 0 Å². The molecule has 6 rings (SSSR count). The molecule has 2 aliphatic rings. The molecular formula is C28H29N7O. The molecule has 3 heterocycles. The van der Waals surface area contributed by atoms with Gasteiger partial charge in [-0.1, -0.05) is 31.0 Å². The number of nitrogens with zero attached hydrogens (tertiary/aromatic N) is 6. The van der Waals surface area contributed by atoms with E-state index < -0.39 is 0 Å². The number of aromatic nitrogens is 3. The number of fused-ring (bicyclic) bond motifs is 2. The average Bonchev–Trinajstić information content (AvgIpc) is 3.43. The Morgan fingerprint density at radius 1 is 1.03 bits per heavy atom. The second-order valence-corrected chi connectivity index (χ2v) is 9.88. The summed E-state index contributed by atoms with van der Waals surface area (Å²) in [6, 6.07) is 16.5. The lowest BCUT2D eigenvalue weighted by Crippen LogP contribution is -2.44. The van der Waals surface area contributed by atoms with Crippen LogP contribution in [0.4, 0.5) is 17.3 Å². The van der Waals surface area contributed by atoms with Crippen LogP contribution in [0, 0.1) is 11.3 Å². The molecule has 0 atom stereocenters. The third-order valence-electron chi connectivity index (χ3n) is 7.54. The van der Waals surface area contributed by atoms with Gasteiger partial charge in [0.15, 0.2) is 0 Å². The number of hydrogen-bond donors (Lipinski definition) is 1. The van der Waals surface area contributed by atoms with E-state index in [0.29, 0.717) is 17.0 Å². The first-order chi connectivity index (χ1) is 17.6. The van der Waals surface area contributed by atoms with Gasteiger partial charge in [-0.05, 0) is 49.5 Å². The fourth-order valence-electron chi connectivity index (χ4n) is 5.56. The number of hydrogen-bond acceptors (Lipinski definition) is 7. The van der Waals surface area contributed by atoms with E-state index in [9.17, 15) is 10.1 Å². The summed E-state index contributed by atoms with van der Waals surface area (Å²) >= 11 is 0. The van der Waals surface area contributed by atoms with Crippen LogP contribution in [0.15, 0.2) is 53.5 Å². The van der Waals surface area contributed by atoms with Crippen LogP contribution in [0.2, 0.25) is 0 Å². The molecule has 2 fully saturated rings. The minimum Gasteiger partial charge on any atom is -0.368 e. The molecule has 0 radical (unpaired) electrons. The fourth-order valence-corrected chi connectivity index (χ4v) is 5.56. The second-order valence-electron chi connectivity index (χ2n) is 9.88. The molecule has 1 saturated heterocycles. The Balaban J connectivity index is 1.35. The minimum atomic E-state index is -0.260. The Kier molecular flexibility index (Phi) is 5.78. The maximum absolute atomic E-state index is 13.1. The minimum absolute atomic E-state index is 0.0738. The maximum atomic E-state index is 13.1. The maximum Gasteiger partial charge on any atom is 0.270 e. The Hall–Kier alpha value is -3.96. The molecule has 36 heavy (non-hydrogen) atoms. The van der Waals surface area contributed by atoms with Gasteiger partial charge in [-0.3, -0.25) is 9.36 Å². The van der Waals surface area contributed by atoms with E-state index in [1.807, 2.05) is 6.07 Å². The van der Waals surface area contributed by atoms with Crippen LogP contribution in [0.1, 0.15) is 37.3 Å². The molecule has 0 spiro atoms. The summed E-state index contributed by atoms with van der Waals surface area (Å²) in [6.45, 7) is 4.18. The molecule has 0 amide bonds. The number of nitriles is 1. The van der Waals surface area contributed by atoms with E-state index in [1.165, 1.54) is 11.1 Å². The molecule has 1 saturated carbocycles. The Morgan fingerprint density at radius 3 is 2.61 bits per heavy atom. The molecule has 2 aromatic heterocycles. The highest BCUT2D eigenvalue weighted by atomic mass is 16.1. The number of benzene rings is 2. The highest BCUT2D eigenvalue weighted by molar-refractivity contribution is 5.96. The third kappa shape index (κ3) is 4.06. The Labute approximate surface area is 209 Å². The summed E-state index contributed by atoms with van der Waals surface area (Å²) in [5, 5.41) is 15.9. The molecule has 0 bridgehead atoms. The van der Waals surface area contributed by atoms with Gasteiger partial charge in [-0.25, -0.2) is 4.98 Å². The smallest absolute Gasteiger partial charge is 0.270 e. The molecule has 1 aliphatic carbocycles. The summed E-state index contributed by atoms with van der Waals surface area (Å²) in [4.78, 5) is 27.1. The first-order valence-electron chi connectivity index (χ1n) is 12.7. The van der Waals surface area contributed by atoms with Gasteiger partial charge < -0.3 is 15.1 Å². The van der Waals surface area contributed by atoms with Gasteiger partial charge in [0.2, 0.25) is 5.95 Å². The van der Waals surface area contributed by atoms with Gasteiger partial charge in [0.1, 0.15) is 17.3 Å². The lowest BCUT2D eigenvalue weighted by Gasteiger charge is -2.34. The zero-order chi connectivity index (χ0) is 24.6. The molecule has 0 unspecified atom stereocenters. The summed E-state index contributed by atoms with van der Waals surface area (Å²) in [7, 11) is 2.17. The van der Waals surface area contributed by atoms with Gasteiger partial charge in [-0.2, -0.15) is 10.2 Å². The van der Waals surface area contributed by atoms with Gasteiger partial charge in [0.05, 0.1) is 0 Å². The van der Waals surface area contributed by atoms with Gasteiger partial charge in [0.25, 0.3) is 5.56 Å². The molecular weight excluding hydrogens is 450 g/mol. The van der Waals surface area contributed by atoms with Crippen molar-refractivity contribution in [3.8, 4) is 6.07 Å². The topological polar surface area (TPSA) is 90.1 Å². The van der Waals surface area contributed by atoms with Crippen molar-refractivity contribution in [1.29, 1.82) is 5.26 Å². The molecule has 1 aliphatic heterocycles. The average molecular weight is 480 g/mol. The van der Waals surface area contributed by atoms with E-state index in [4.69, 9.17) is 4.98 Å². The molecule has 4 aromatic rings. The molecule has 8 heteroatoms. The lowest BCUT2D eigenvalue weighted by atomic mass is 10.1. The quantitative estimate of drug-likeness (QED) is 0.463. The number of rotatable bonds is 4. The predicted molar refractivity (Wildman–Crippen MR) is 143 cm³/mol. The van der Waals surface area contributed by atoms with Crippen LogP contribution >= 0.6 is 0 Å². The summed E-state index contributed by atoms with van der Waals surface area (Å²) in [5.74, 6) is 0.438. The molecule has 8 nitrogen and oxygen atoms in total. The molecule has 182 valence electrons. The first kappa shape index (κ1) is 22.5. The van der Waals surface area contributed by atoms with E-state index >= 15 is 0 Å². The number of piperazine rings is 1. The van der Waals surface area contributed by atoms with Crippen molar-refractivity contribution in [1.82, 2.24) is 19.4 Å². The van der Waals surface area contributed by atoms with Gasteiger partial charge in [0, 0.05) is 60.6 Å². The van der Waals surface area contributed by atoms with Crippen molar-refractivity contribution in [2.75, 3.05) is 43.4 Å². The Bertz CT molecular complexity index is 1540. The van der Waals surface area contributed by atoms with Gasteiger partial charge >= 0.3 is 0 Å². The van der Waals surface area contributed by atoms with Crippen molar-refractivity contribution in [3.63, 3.8) is 0 Å². The van der Waals surface area contributed by atoms with E-state index in [0.717, 1.165) is 62.9 Å². The van der Waals surface area contributed by atoms with E-state index in [-0.39, 0.29) is 17.2 Å². The van der Waals surface area contributed by atoms with Crippen LogP contribution in [-0.2, 0) is 0 Å².